The Morgan fingerprint density at radius 2 is 1.73 bits per heavy atom. The van der Waals surface area contributed by atoms with Gasteiger partial charge in [0.25, 0.3) is 0 Å². The van der Waals surface area contributed by atoms with Crippen LogP contribution < -0.4 is 15.4 Å². The van der Waals surface area contributed by atoms with E-state index >= 15 is 0 Å². The van der Waals surface area contributed by atoms with Crippen LogP contribution in [0.1, 0.15) is 32.4 Å². The summed E-state index contributed by atoms with van der Waals surface area (Å²) in [6.07, 6.45) is 0.0971. The normalized spacial score (nSPS) is 14.9. The van der Waals surface area contributed by atoms with Crippen molar-refractivity contribution in [3.05, 3.63) is 29.8 Å². The molecule has 26 heavy (non-hydrogen) atoms. The fourth-order valence-electron chi connectivity index (χ4n) is 2.86. The van der Waals surface area contributed by atoms with Gasteiger partial charge in [-0.15, -0.1) is 0 Å². The molecular weight excluding hydrogens is 328 g/mol. The maximum atomic E-state index is 5.60. The van der Waals surface area contributed by atoms with Gasteiger partial charge in [-0.05, 0) is 25.6 Å². The van der Waals surface area contributed by atoms with Gasteiger partial charge in [0.2, 0.25) is 0 Å². The van der Waals surface area contributed by atoms with E-state index in [0.29, 0.717) is 13.1 Å². The van der Waals surface area contributed by atoms with Gasteiger partial charge >= 0.3 is 0 Å². The smallest absolute Gasteiger partial charge is 0.191 e. The van der Waals surface area contributed by atoms with Gasteiger partial charge in [0.1, 0.15) is 5.75 Å². The molecule has 0 amide bonds. The van der Waals surface area contributed by atoms with E-state index < -0.39 is 0 Å². The predicted molar refractivity (Wildman–Crippen MR) is 109 cm³/mol. The van der Waals surface area contributed by atoms with Crippen LogP contribution in [-0.4, -0.2) is 65.4 Å². The third kappa shape index (κ3) is 6.50. The summed E-state index contributed by atoms with van der Waals surface area (Å²) < 4.78 is 11.1. The Morgan fingerprint density at radius 1 is 1.12 bits per heavy atom. The van der Waals surface area contributed by atoms with E-state index in [1.807, 2.05) is 18.2 Å². The zero-order valence-corrected chi connectivity index (χ0v) is 17.6. The number of hydrogen-bond donors (Lipinski definition) is 2. The molecule has 0 fully saturated rings. The number of nitrogens with zero attached hydrogens (tertiary/aromatic N) is 2. The summed E-state index contributed by atoms with van der Waals surface area (Å²) in [6.45, 7) is 7.91. The lowest BCUT2D eigenvalue weighted by Crippen LogP contribution is -2.47. The summed E-state index contributed by atoms with van der Waals surface area (Å²) in [5.41, 5.74) is 1.21. The molecule has 0 bridgehead atoms. The van der Waals surface area contributed by atoms with Crippen molar-refractivity contribution in [1.82, 2.24) is 15.5 Å². The second-order valence-electron chi connectivity index (χ2n) is 7.65. The molecule has 0 aliphatic carbocycles. The summed E-state index contributed by atoms with van der Waals surface area (Å²) in [7, 11) is 9.36. The molecule has 0 heterocycles. The lowest BCUT2D eigenvalue weighted by atomic mass is 9.89. The number of benzene rings is 1. The SMILES string of the molecule is CN=C(NCC(c1ccccc1OC)N(C)C)NCC(OC)C(C)(C)C. The van der Waals surface area contributed by atoms with Gasteiger partial charge in [-0.25, -0.2) is 0 Å². The van der Waals surface area contributed by atoms with Crippen molar-refractivity contribution in [2.75, 3.05) is 48.5 Å². The zero-order chi connectivity index (χ0) is 19.7. The molecule has 0 saturated heterocycles. The van der Waals surface area contributed by atoms with Gasteiger partial charge in [0.15, 0.2) is 5.96 Å². The van der Waals surface area contributed by atoms with E-state index in [1.54, 1.807) is 21.3 Å². The Kier molecular flexibility index (Phi) is 8.88. The molecule has 148 valence electrons. The number of rotatable bonds is 8. The van der Waals surface area contributed by atoms with Crippen molar-refractivity contribution in [2.45, 2.75) is 32.9 Å². The minimum absolute atomic E-state index is 0.0597. The lowest BCUT2D eigenvalue weighted by Gasteiger charge is -2.31. The highest BCUT2D eigenvalue weighted by atomic mass is 16.5. The van der Waals surface area contributed by atoms with Crippen molar-refractivity contribution in [3.63, 3.8) is 0 Å². The van der Waals surface area contributed by atoms with Crippen LogP contribution in [0.25, 0.3) is 0 Å². The molecule has 2 unspecified atom stereocenters. The Morgan fingerprint density at radius 3 is 2.23 bits per heavy atom. The standard InChI is InChI=1S/C20H36N4O2/c1-20(2,3)18(26-8)14-23-19(21-4)22-13-16(24(5)6)15-11-9-10-12-17(15)25-7/h9-12,16,18H,13-14H2,1-8H3,(H2,21,22,23). The highest BCUT2D eigenvalue weighted by Crippen LogP contribution is 2.27. The van der Waals surface area contributed by atoms with E-state index in [1.165, 1.54) is 0 Å². The van der Waals surface area contributed by atoms with E-state index in [-0.39, 0.29) is 17.6 Å². The van der Waals surface area contributed by atoms with Crippen molar-refractivity contribution in [1.29, 1.82) is 0 Å². The van der Waals surface area contributed by atoms with Gasteiger partial charge in [-0.1, -0.05) is 39.0 Å². The second kappa shape index (κ2) is 10.4. The first kappa shape index (κ1) is 22.3. The topological polar surface area (TPSA) is 58.1 Å². The van der Waals surface area contributed by atoms with Crippen LogP contribution in [0, 0.1) is 5.41 Å². The molecule has 0 aliphatic heterocycles. The highest BCUT2D eigenvalue weighted by molar-refractivity contribution is 5.79. The lowest BCUT2D eigenvalue weighted by molar-refractivity contribution is 0.0205. The minimum atomic E-state index is 0.0597. The Bertz CT molecular complexity index is 567. The number of likely N-dealkylation sites (N-methyl/N-ethyl adjacent to an activating group) is 1. The van der Waals surface area contributed by atoms with Crippen molar-refractivity contribution in [2.24, 2.45) is 10.4 Å². The summed E-state index contributed by atoms with van der Waals surface area (Å²) in [5, 5.41) is 6.78. The van der Waals surface area contributed by atoms with E-state index in [2.05, 4.69) is 61.5 Å². The average molecular weight is 365 g/mol. The van der Waals surface area contributed by atoms with Crippen molar-refractivity contribution in [3.8, 4) is 5.75 Å². The maximum Gasteiger partial charge on any atom is 0.191 e. The van der Waals surface area contributed by atoms with Crippen LogP contribution in [0.4, 0.5) is 0 Å². The maximum absolute atomic E-state index is 5.60. The first-order valence-electron chi connectivity index (χ1n) is 9.01. The van der Waals surface area contributed by atoms with Crippen LogP contribution in [0.3, 0.4) is 0 Å². The molecular formula is C20H36N4O2. The van der Waals surface area contributed by atoms with Crippen molar-refractivity contribution < 1.29 is 9.47 Å². The number of guanidine groups is 1. The molecule has 2 atom stereocenters. The number of para-hydroxylation sites is 1. The van der Waals surface area contributed by atoms with Crippen LogP contribution in [0.2, 0.25) is 0 Å². The first-order valence-corrected chi connectivity index (χ1v) is 9.01. The number of ether oxygens (including phenoxy) is 2. The molecule has 0 saturated carbocycles. The Balaban J connectivity index is 2.75. The van der Waals surface area contributed by atoms with E-state index in [4.69, 9.17) is 9.47 Å². The minimum Gasteiger partial charge on any atom is -0.496 e. The van der Waals surface area contributed by atoms with Gasteiger partial charge in [0, 0.05) is 32.8 Å². The molecule has 1 aromatic carbocycles. The highest BCUT2D eigenvalue weighted by Gasteiger charge is 2.24. The molecule has 6 heteroatoms. The summed E-state index contributed by atoms with van der Waals surface area (Å²) in [4.78, 5) is 6.50. The number of methoxy groups -OCH3 is 2. The van der Waals surface area contributed by atoms with Gasteiger partial charge in [-0.3, -0.25) is 4.99 Å². The number of hydrogen-bond acceptors (Lipinski definition) is 4. The molecule has 2 N–H and O–H groups in total. The Hall–Kier alpha value is -1.79. The van der Waals surface area contributed by atoms with Gasteiger partial charge in [-0.2, -0.15) is 0 Å². The molecule has 0 spiro atoms. The van der Waals surface area contributed by atoms with Crippen LogP contribution in [0.5, 0.6) is 5.75 Å². The number of nitrogens with one attached hydrogen (secondary N) is 2. The largest absolute Gasteiger partial charge is 0.496 e. The van der Waals surface area contributed by atoms with Crippen LogP contribution in [0.15, 0.2) is 29.3 Å². The summed E-state index contributed by atoms with van der Waals surface area (Å²) in [6, 6.07) is 8.27. The molecule has 1 aromatic rings. The first-order chi connectivity index (χ1) is 12.2. The quantitative estimate of drug-likeness (QED) is 0.548. The zero-order valence-electron chi connectivity index (χ0n) is 17.6. The third-order valence-electron chi connectivity index (χ3n) is 4.51. The average Bonchev–Trinajstić information content (AvgIpc) is 2.59. The molecule has 0 radical (unpaired) electrons. The fraction of sp³-hybridized carbons (Fsp3) is 0.650. The molecule has 1 rings (SSSR count). The predicted octanol–water partition coefficient (Wildman–Crippen LogP) is 2.52. The van der Waals surface area contributed by atoms with E-state index in [0.717, 1.165) is 17.3 Å². The monoisotopic (exact) mass is 364 g/mol. The second-order valence-corrected chi connectivity index (χ2v) is 7.65. The number of aliphatic imine (C=N–C) groups is 1. The van der Waals surface area contributed by atoms with E-state index in [9.17, 15) is 0 Å². The fourth-order valence-corrected chi connectivity index (χ4v) is 2.86. The molecule has 0 aliphatic rings. The van der Waals surface area contributed by atoms with Crippen LogP contribution in [-0.2, 0) is 4.74 Å². The Labute approximate surface area is 159 Å². The van der Waals surface area contributed by atoms with Crippen LogP contribution >= 0.6 is 0 Å². The van der Waals surface area contributed by atoms with Gasteiger partial charge < -0.3 is 25.0 Å². The summed E-state index contributed by atoms with van der Waals surface area (Å²) >= 11 is 0. The third-order valence-corrected chi connectivity index (χ3v) is 4.51. The van der Waals surface area contributed by atoms with Crippen molar-refractivity contribution >= 4 is 5.96 Å². The molecule has 6 nitrogen and oxygen atoms in total. The summed E-state index contributed by atoms with van der Waals surface area (Å²) in [5.74, 6) is 1.65. The van der Waals surface area contributed by atoms with Gasteiger partial charge in [0.05, 0.1) is 19.3 Å². The molecule has 0 aromatic heterocycles.